The number of nitrogens with one attached hydrogen (secondary N) is 2. The number of hydrogen-bond donors (Lipinski definition) is 2. The van der Waals surface area contributed by atoms with Gasteiger partial charge in [-0.15, -0.1) is 0 Å². The summed E-state index contributed by atoms with van der Waals surface area (Å²) < 4.78 is 25.7. The Bertz CT molecular complexity index is 810. The summed E-state index contributed by atoms with van der Waals surface area (Å²) in [6, 6.07) is 12.7. The van der Waals surface area contributed by atoms with Crippen LogP contribution in [0.1, 0.15) is 27.7 Å². The van der Waals surface area contributed by atoms with E-state index in [0.29, 0.717) is 5.69 Å². The molecule has 136 valence electrons. The molecular weight excluding hydrogens is 334 g/mol. The molecule has 1 aliphatic rings. The monoisotopic (exact) mass is 356 g/mol. The molecule has 5 nitrogen and oxygen atoms in total. The molecule has 2 aromatic rings. The van der Waals surface area contributed by atoms with Gasteiger partial charge in [0, 0.05) is 5.69 Å². The fourth-order valence-electron chi connectivity index (χ4n) is 2.59. The van der Waals surface area contributed by atoms with Crippen molar-refractivity contribution in [2.45, 2.75) is 38.9 Å². The van der Waals surface area contributed by atoms with E-state index in [0.717, 1.165) is 5.46 Å². The predicted octanol–water partition coefficient (Wildman–Crippen LogP) is 3.77. The minimum absolute atomic E-state index is 0.118. The molecule has 1 aliphatic heterocycles. The third kappa shape index (κ3) is 3.74. The van der Waals surface area contributed by atoms with E-state index >= 15 is 0 Å². The van der Waals surface area contributed by atoms with Crippen LogP contribution in [0.5, 0.6) is 0 Å². The largest absolute Gasteiger partial charge is 0.494 e. The van der Waals surface area contributed by atoms with Crippen molar-refractivity contribution in [3.05, 3.63) is 54.3 Å². The molecule has 1 heterocycles. The first-order chi connectivity index (χ1) is 12.2. The summed E-state index contributed by atoms with van der Waals surface area (Å²) in [5.74, 6) is -0.492. The zero-order valence-electron chi connectivity index (χ0n) is 15.3. The van der Waals surface area contributed by atoms with Crippen LogP contribution < -0.4 is 16.1 Å². The van der Waals surface area contributed by atoms with Gasteiger partial charge in [-0.05, 0) is 57.4 Å². The van der Waals surface area contributed by atoms with E-state index in [-0.39, 0.29) is 5.69 Å². The molecule has 7 heteroatoms. The maximum absolute atomic E-state index is 13.6. The number of anilines is 2. The van der Waals surface area contributed by atoms with E-state index in [2.05, 4.69) is 10.6 Å². The second kappa shape index (κ2) is 6.74. The lowest BCUT2D eigenvalue weighted by Crippen LogP contribution is -2.41. The molecule has 0 bridgehead atoms. The smallest absolute Gasteiger partial charge is 0.399 e. The predicted molar refractivity (Wildman–Crippen MR) is 101 cm³/mol. The van der Waals surface area contributed by atoms with Gasteiger partial charge in [0.15, 0.2) is 0 Å². The minimum atomic E-state index is -0.527. The van der Waals surface area contributed by atoms with Crippen LogP contribution in [-0.4, -0.2) is 24.4 Å². The summed E-state index contributed by atoms with van der Waals surface area (Å²) in [5.41, 5.74) is 0.595. The molecule has 0 saturated carbocycles. The molecule has 26 heavy (non-hydrogen) atoms. The van der Waals surface area contributed by atoms with E-state index in [1.165, 1.54) is 12.1 Å². The van der Waals surface area contributed by atoms with Gasteiger partial charge in [0.05, 0.1) is 16.9 Å². The van der Waals surface area contributed by atoms with Gasteiger partial charge in [-0.3, -0.25) is 0 Å². The zero-order valence-corrected chi connectivity index (χ0v) is 15.3. The number of halogens is 1. The van der Waals surface area contributed by atoms with Crippen LogP contribution in [0.3, 0.4) is 0 Å². The molecular formula is C19H22BFN2O3. The third-order valence-electron chi connectivity index (χ3n) is 4.79. The van der Waals surface area contributed by atoms with Crippen LogP contribution in [0, 0.1) is 5.82 Å². The molecule has 0 radical (unpaired) electrons. The number of urea groups is 1. The summed E-state index contributed by atoms with van der Waals surface area (Å²) in [5, 5.41) is 5.18. The van der Waals surface area contributed by atoms with Crippen molar-refractivity contribution in [1.29, 1.82) is 0 Å². The summed E-state index contributed by atoms with van der Waals surface area (Å²) in [7, 11) is -0.517. The van der Waals surface area contributed by atoms with E-state index in [4.69, 9.17) is 9.31 Å². The Morgan fingerprint density at radius 1 is 0.962 bits per heavy atom. The Kier molecular flexibility index (Phi) is 4.77. The van der Waals surface area contributed by atoms with Gasteiger partial charge in [-0.2, -0.15) is 0 Å². The van der Waals surface area contributed by atoms with Crippen LogP contribution >= 0.6 is 0 Å². The van der Waals surface area contributed by atoms with Crippen molar-refractivity contribution >= 4 is 30.0 Å². The van der Waals surface area contributed by atoms with Gasteiger partial charge < -0.3 is 19.9 Å². The number of carbonyl (C=O) groups is 1. The molecule has 1 fully saturated rings. The molecule has 2 aromatic carbocycles. The fraction of sp³-hybridized carbons (Fsp3) is 0.316. The highest BCUT2D eigenvalue weighted by atomic mass is 19.1. The highest BCUT2D eigenvalue weighted by molar-refractivity contribution is 6.62. The second-order valence-corrected chi connectivity index (χ2v) is 7.27. The molecule has 0 atom stereocenters. The van der Waals surface area contributed by atoms with Crippen molar-refractivity contribution in [3.63, 3.8) is 0 Å². The SMILES string of the molecule is CC1(C)OB(c2cccc(NC(=O)Nc3ccccc3F)c2)OC1(C)C. The van der Waals surface area contributed by atoms with E-state index in [1.807, 2.05) is 33.8 Å². The van der Waals surface area contributed by atoms with Crippen LogP contribution in [0.2, 0.25) is 0 Å². The molecule has 0 aromatic heterocycles. The standard InChI is InChI=1S/C19H22BFN2O3/c1-18(2)19(3,4)26-20(25-18)13-8-7-9-14(12-13)22-17(24)23-16-11-6-5-10-15(16)21/h5-12H,1-4H3,(H2,22,23,24). The van der Waals surface area contributed by atoms with Gasteiger partial charge in [0.1, 0.15) is 5.82 Å². The minimum Gasteiger partial charge on any atom is -0.399 e. The Morgan fingerprint density at radius 2 is 1.62 bits per heavy atom. The van der Waals surface area contributed by atoms with Crippen molar-refractivity contribution < 1.29 is 18.5 Å². The van der Waals surface area contributed by atoms with Crippen molar-refractivity contribution in [1.82, 2.24) is 0 Å². The maximum Gasteiger partial charge on any atom is 0.494 e. The van der Waals surface area contributed by atoms with Crippen LogP contribution in [0.4, 0.5) is 20.6 Å². The number of rotatable bonds is 3. The molecule has 3 rings (SSSR count). The topological polar surface area (TPSA) is 59.6 Å². The first-order valence-corrected chi connectivity index (χ1v) is 8.46. The van der Waals surface area contributed by atoms with Gasteiger partial charge in [0.25, 0.3) is 0 Å². The molecule has 1 saturated heterocycles. The number of hydrogen-bond acceptors (Lipinski definition) is 3. The summed E-state index contributed by atoms with van der Waals surface area (Å²) >= 11 is 0. The Balaban J connectivity index is 1.70. The number of para-hydroxylation sites is 1. The summed E-state index contributed by atoms with van der Waals surface area (Å²) in [6.45, 7) is 7.93. The lowest BCUT2D eigenvalue weighted by Gasteiger charge is -2.32. The lowest BCUT2D eigenvalue weighted by molar-refractivity contribution is 0.00578. The van der Waals surface area contributed by atoms with Crippen molar-refractivity contribution in [2.75, 3.05) is 10.6 Å². The molecule has 2 N–H and O–H groups in total. The summed E-state index contributed by atoms with van der Waals surface area (Å²) in [6.07, 6.45) is 0. The second-order valence-electron chi connectivity index (χ2n) is 7.27. The van der Waals surface area contributed by atoms with Gasteiger partial charge >= 0.3 is 13.1 Å². The first kappa shape index (κ1) is 18.4. The van der Waals surface area contributed by atoms with Crippen LogP contribution in [0.15, 0.2) is 48.5 Å². The van der Waals surface area contributed by atoms with Crippen molar-refractivity contribution in [2.24, 2.45) is 0 Å². The molecule has 0 aliphatic carbocycles. The fourth-order valence-corrected chi connectivity index (χ4v) is 2.59. The molecule has 2 amide bonds. The van der Waals surface area contributed by atoms with Crippen molar-refractivity contribution in [3.8, 4) is 0 Å². The van der Waals surface area contributed by atoms with Crippen LogP contribution in [-0.2, 0) is 9.31 Å². The van der Waals surface area contributed by atoms with E-state index in [1.54, 1.807) is 30.3 Å². The van der Waals surface area contributed by atoms with E-state index < -0.39 is 30.2 Å². The number of amides is 2. The zero-order chi connectivity index (χ0) is 18.9. The van der Waals surface area contributed by atoms with Crippen LogP contribution in [0.25, 0.3) is 0 Å². The average Bonchev–Trinajstić information content (AvgIpc) is 2.78. The normalized spacial score (nSPS) is 17.8. The summed E-state index contributed by atoms with van der Waals surface area (Å²) in [4.78, 5) is 12.1. The maximum atomic E-state index is 13.6. The number of carbonyl (C=O) groups excluding carboxylic acids is 1. The highest BCUT2D eigenvalue weighted by Crippen LogP contribution is 2.36. The Hall–Kier alpha value is -2.38. The van der Waals surface area contributed by atoms with Gasteiger partial charge in [-0.1, -0.05) is 24.3 Å². The highest BCUT2D eigenvalue weighted by Gasteiger charge is 2.51. The first-order valence-electron chi connectivity index (χ1n) is 8.46. The average molecular weight is 356 g/mol. The van der Waals surface area contributed by atoms with Gasteiger partial charge in [-0.25, -0.2) is 9.18 Å². The Labute approximate surface area is 153 Å². The molecule has 0 unspecified atom stereocenters. The van der Waals surface area contributed by atoms with E-state index in [9.17, 15) is 9.18 Å². The lowest BCUT2D eigenvalue weighted by atomic mass is 9.79. The third-order valence-corrected chi connectivity index (χ3v) is 4.79. The quantitative estimate of drug-likeness (QED) is 0.823. The number of benzene rings is 2. The van der Waals surface area contributed by atoms with Gasteiger partial charge in [0.2, 0.25) is 0 Å². The molecule has 0 spiro atoms. The Morgan fingerprint density at radius 3 is 2.27 bits per heavy atom.